The lowest BCUT2D eigenvalue weighted by molar-refractivity contribution is -0.128. The van der Waals surface area contributed by atoms with Crippen LogP contribution in [0.5, 0.6) is 0 Å². The fourth-order valence-electron chi connectivity index (χ4n) is 2.82. The van der Waals surface area contributed by atoms with Crippen LogP contribution in [0, 0.1) is 5.41 Å². The van der Waals surface area contributed by atoms with Crippen molar-refractivity contribution in [3.63, 3.8) is 0 Å². The van der Waals surface area contributed by atoms with E-state index in [1.807, 2.05) is 45.0 Å². The topological polar surface area (TPSA) is 62.0 Å². The predicted molar refractivity (Wildman–Crippen MR) is 99.4 cm³/mol. The number of rotatable bonds is 4. The minimum absolute atomic E-state index is 0.106. The normalized spacial score (nSPS) is 13.9. The largest absolute Gasteiger partial charge is 0.322 e. The monoisotopic (exact) mass is 328 g/mol. The third-order valence-corrected chi connectivity index (χ3v) is 3.89. The number of fused-ring (bicyclic) bond motifs is 1. The summed E-state index contributed by atoms with van der Waals surface area (Å²) in [5.74, 6) is 0.207. The second-order valence-electron chi connectivity index (χ2n) is 8.51. The summed E-state index contributed by atoms with van der Waals surface area (Å²) in [6.07, 6.45) is 0.627. The highest BCUT2D eigenvalue weighted by Crippen LogP contribution is 2.22. The summed E-state index contributed by atoms with van der Waals surface area (Å²) < 4.78 is 0. The van der Waals surface area contributed by atoms with Gasteiger partial charge in [0.15, 0.2) is 5.78 Å². The minimum Gasteiger partial charge on any atom is -0.322 e. The molecule has 0 spiro atoms. The minimum atomic E-state index is -0.398. The molecule has 0 fully saturated rings. The fraction of sp³-hybridized carbons (Fsp3) is 0.500. The van der Waals surface area contributed by atoms with E-state index in [0.29, 0.717) is 6.42 Å². The van der Waals surface area contributed by atoms with Crippen LogP contribution in [0.3, 0.4) is 0 Å². The first-order valence-corrected chi connectivity index (χ1v) is 8.40. The molecule has 4 heteroatoms. The Morgan fingerprint density at radius 1 is 1.08 bits per heavy atom. The second kappa shape index (κ2) is 6.52. The molecule has 0 aliphatic carbocycles. The molecule has 0 saturated carbocycles. The number of aromatic nitrogens is 1. The number of benzene rings is 1. The van der Waals surface area contributed by atoms with Gasteiger partial charge in [-0.1, -0.05) is 26.8 Å². The fourth-order valence-corrected chi connectivity index (χ4v) is 2.82. The van der Waals surface area contributed by atoms with Crippen LogP contribution in [0.25, 0.3) is 10.9 Å². The third kappa shape index (κ3) is 4.78. The summed E-state index contributed by atoms with van der Waals surface area (Å²) in [4.78, 5) is 27.1. The molecule has 1 heterocycles. The standard InChI is InChI=1S/C20H28N2O2/c1-19(2,3)18(24)16(22-20(4,5)6)12-13-7-9-15-14(11-13)8-10-17(23)21-15/h7-11,16,22H,12H2,1-6H3,(H,21,23). The van der Waals surface area contributed by atoms with E-state index < -0.39 is 5.41 Å². The Morgan fingerprint density at radius 3 is 2.33 bits per heavy atom. The van der Waals surface area contributed by atoms with E-state index in [1.54, 1.807) is 0 Å². The van der Waals surface area contributed by atoms with Crippen molar-refractivity contribution in [2.24, 2.45) is 5.41 Å². The Labute approximate surface area is 143 Å². The molecule has 0 aliphatic rings. The van der Waals surface area contributed by atoms with Gasteiger partial charge in [0.1, 0.15) is 0 Å². The van der Waals surface area contributed by atoms with Gasteiger partial charge in [-0.25, -0.2) is 0 Å². The van der Waals surface area contributed by atoms with Gasteiger partial charge >= 0.3 is 0 Å². The Hall–Kier alpha value is -1.94. The van der Waals surface area contributed by atoms with Crippen LogP contribution in [-0.2, 0) is 11.2 Å². The first-order chi connectivity index (χ1) is 11.0. The lowest BCUT2D eigenvalue weighted by Crippen LogP contribution is -2.51. The molecule has 1 unspecified atom stereocenters. The van der Waals surface area contributed by atoms with Crippen LogP contribution in [0.4, 0.5) is 0 Å². The molecule has 0 aliphatic heterocycles. The van der Waals surface area contributed by atoms with Crippen molar-refractivity contribution in [2.45, 2.75) is 59.5 Å². The number of ketones is 1. The number of carbonyl (C=O) groups is 1. The van der Waals surface area contributed by atoms with Crippen LogP contribution in [0.15, 0.2) is 35.1 Å². The average molecular weight is 328 g/mol. The average Bonchev–Trinajstić information content (AvgIpc) is 2.43. The maximum Gasteiger partial charge on any atom is 0.248 e. The number of pyridine rings is 1. The summed E-state index contributed by atoms with van der Waals surface area (Å²) in [5, 5.41) is 4.44. The van der Waals surface area contributed by atoms with E-state index >= 15 is 0 Å². The van der Waals surface area contributed by atoms with E-state index in [-0.39, 0.29) is 22.9 Å². The zero-order chi connectivity index (χ0) is 18.1. The molecular formula is C20H28N2O2. The Balaban J connectivity index is 2.33. The van der Waals surface area contributed by atoms with E-state index in [4.69, 9.17) is 0 Å². The van der Waals surface area contributed by atoms with Gasteiger partial charge in [-0.3, -0.25) is 9.59 Å². The van der Waals surface area contributed by atoms with Crippen LogP contribution in [0.2, 0.25) is 0 Å². The van der Waals surface area contributed by atoms with Crippen molar-refractivity contribution >= 4 is 16.7 Å². The molecule has 1 atom stereocenters. The van der Waals surface area contributed by atoms with E-state index in [9.17, 15) is 9.59 Å². The van der Waals surface area contributed by atoms with Gasteiger partial charge < -0.3 is 10.3 Å². The maximum atomic E-state index is 12.8. The Bertz CT molecular complexity index is 792. The zero-order valence-electron chi connectivity index (χ0n) is 15.5. The lowest BCUT2D eigenvalue weighted by Gasteiger charge is -2.32. The number of hydrogen-bond acceptors (Lipinski definition) is 3. The zero-order valence-corrected chi connectivity index (χ0v) is 15.5. The molecule has 1 aromatic carbocycles. The molecular weight excluding hydrogens is 300 g/mol. The van der Waals surface area contributed by atoms with Crippen LogP contribution in [-0.4, -0.2) is 22.3 Å². The number of H-pyrrole nitrogens is 1. The molecule has 2 rings (SSSR count). The Morgan fingerprint density at radius 2 is 1.75 bits per heavy atom. The Kier molecular flexibility index (Phi) is 5.00. The molecule has 0 saturated heterocycles. The molecule has 0 amide bonds. The molecule has 4 nitrogen and oxygen atoms in total. The molecule has 24 heavy (non-hydrogen) atoms. The smallest absolute Gasteiger partial charge is 0.248 e. The first kappa shape index (κ1) is 18.4. The summed E-state index contributed by atoms with van der Waals surface area (Å²) in [7, 11) is 0. The van der Waals surface area contributed by atoms with Gasteiger partial charge in [-0.2, -0.15) is 0 Å². The number of aromatic amines is 1. The number of hydrogen-bond donors (Lipinski definition) is 2. The van der Waals surface area contributed by atoms with Gasteiger partial charge in [0.2, 0.25) is 5.56 Å². The van der Waals surface area contributed by atoms with Crippen LogP contribution in [0.1, 0.15) is 47.1 Å². The predicted octanol–water partition coefficient (Wildman–Crippen LogP) is 3.44. The first-order valence-electron chi connectivity index (χ1n) is 8.40. The van der Waals surface area contributed by atoms with Crippen molar-refractivity contribution in [3.8, 4) is 0 Å². The number of nitrogens with one attached hydrogen (secondary N) is 2. The maximum absolute atomic E-state index is 12.8. The molecule has 130 valence electrons. The van der Waals surface area contributed by atoms with Crippen molar-refractivity contribution in [2.75, 3.05) is 0 Å². The van der Waals surface area contributed by atoms with Gasteiger partial charge in [-0.15, -0.1) is 0 Å². The molecule has 1 aromatic heterocycles. The molecule has 2 N–H and O–H groups in total. The van der Waals surface area contributed by atoms with E-state index in [2.05, 4.69) is 31.1 Å². The van der Waals surface area contributed by atoms with Gasteiger partial charge in [-0.05, 0) is 56.3 Å². The van der Waals surface area contributed by atoms with Crippen LogP contribution >= 0.6 is 0 Å². The number of Topliss-reactive ketones (excluding diaryl/α,β-unsaturated/α-hetero) is 1. The highest BCUT2D eigenvalue weighted by molar-refractivity contribution is 5.89. The van der Waals surface area contributed by atoms with Crippen molar-refractivity contribution in [1.29, 1.82) is 0 Å². The molecule has 0 bridgehead atoms. The highest BCUT2D eigenvalue weighted by Gasteiger charge is 2.32. The lowest BCUT2D eigenvalue weighted by atomic mass is 9.83. The van der Waals surface area contributed by atoms with E-state index in [1.165, 1.54) is 6.07 Å². The molecule has 2 aromatic rings. The van der Waals surface area contributed by atoms with Gasteiger partial charge in [0.05, 0.1) is 6.04 Å². The quantitative estimate of drug-likeness (QED) is 0.904. The SMILES string of the molecule is CC(C)(C)NC(Cc1ccc2[nH]c(=O)ccc2c1)C(=O)C(C)(C)C. The summed E-state index contributed by atoms with van der Waals surface area (Å²) >= 11 is 0. The summed E-state index contributed by atoms with van der Waals surface area (Å²) in [5.41, 5.74) is 1.24. The van der Waals surface area contributed by atoms with Crippen LogP contribution < -0.4 is 10.9 Å². The highest BCUT2D eigenvalue weighted by atomic mass is 16.1. The van der Waals surface area contributed by atoms with Gasteiger partial charge in [0, 0.05) is 22.5 Å². The van der Waals surface area contributed by atoms with Gasteiger partial charge in [0.25, 0.3) is 0 Å². The molecule has 0 radical (unpaired) electrons. The van der Waals surface area contributed by atoms with E-state index in [0.717, 1.165) is 16.5 Å². The third-order valence-electron chi connectivity index (χ3n) is 3.89. The summed E-state index contributed by atoms with van der Waals surface area (Å²) in [6, 6.07) is 9.02. The van der Waals surface area contributed by atoms with Crippen molar-refractivity contribution in [1.82, 2.24) is 10.3 Å². The van der Waals surface area contributed by atoms with Crippen molar-refractivity contribution < 1.29 is 4.79 Å². The van der Waals surface area contributed by atoms with Crippen molar-refractivity contribution in [3.05, 3.63) is 46.2 Å². The second-order valence-corrected chi connectivity index (χ2v) is 8.51. The number of carbonyl (C=O) groups excluding carboxylic acids is 1. The summed E-state index contributed by atoms with van der Waals surface area (Å²) in [6.45, 7) is 12.1.